The molecule has 9 heteroatoms. The molecular weight excluding hydrogens is 551 g/mol. The predicted octanol–water partition coefficient (Wildman–Crippen LogP) is 3.65. The van der Waals surface area contributed by atoms with Gasteiger partial charge in [0, 0.05) is 48.3 Å². The summed E-state index contributed by atoms with van der Waals surface area (Å²) in [5.74, 6) is 1.96. The number of hydrogen-bond donors (Lipinski definition) is 3. The van der Waals surface area contributed by atoms with Crippen molar-refractivity contribution in [1.29, 1.82) is 0 Å². The Morgan fingerprint density at radius 3 is 2.59 bits per heavy atom. The van der Waals surface area contributed by atoms with Crippen LogP contribution in [0.5, 0.6) is 11.5 Å². The third kappa shape index (κ3) is 7.07. The molecule has 0 aromatic heterocycles. The number of rotatable bonds is 5. The van der Waals surface area contributed by atoms with Gasteiger partial charge < -0.3 is 25.4 Å². The highest BCUT2D eigenvalue weighted by atomic mass is 127. The Morgan fingerprint density at radius 2 is 1.83 bits per heavy atom. The van der Waals surface area contributed by atoms with Gasteiger partial charge in [-0.1, -0.05) is 22.0 Å². The van der Waals surface area contributed by atoms with Crippen molar-refractivity contribution in [3.8, 4) is 11.5 Å². The van der Waals surface area contributed by atoms with E-state index >= 15 is 0 Å². The summed E-state index contributed by atoms with van der Waals surface area (Å²) in [5.41, 5.74) is 1.46. The van der Waals surface area contributed by atoms with Gasteiger partial charge in [-0.3, -0.25) is 9.79 Å². The molecule has 1 heterocycles. The zero-order valence-electron chi connectivity index (χ0n) is 16.0. The van der Waals surface area contributed by atoms with Crippen LogP contribution in [-0.4, -0.2) is 45.2 Å². The molecule has 1 amide bonds. The number of benzene rings is 2. The number of ether oxygens (including phenoxy) is 2. The molecule has 3 rings (SSSR count). The molecule has 2 aromatic rings. The van der Waals surface area contributed by atoms with Crippen molar-refractivity contribution < 1.29 is 14.3 Å². The SMILES string of the molecule is CN=C(NCCNC(=O)c1cccc(Br)c1)Nc1ccc2c(c1)OCCCO2.I. The molecular formula is C20H24BrIN4O3. The van der Waals surface area contributed by atoms with Crippen LogP contribution in [0.1, 0.15) is 16.8 Å². The second kappa shape index (κ2) is 11.9. The molecule has 29 heavy (non-hydrogen) atoms. The third-order valence-corrected chi connectivity index (χ3v) is 4.52. The van der Waals surface area contributed by atoms with Crippen molar-refractivity contribution in [3.63, 3.8) is 0 Å². The van der Waals surface area contributed by atoms with Gasteiger partial charge in [-0.05, 0) is 30.3 Å². The smallest absolute Gasteiger partial charge is 0.251 e. The summed E-state index contributed by atoms with van der Waals surface area (Å²) in [7, 11) is 1.69. The summed E-state index contributed by atoms with van der Waals surface area (Å²) in [4.78, 5) is 16.3. The molecule has 2 aromatic carbocycles. The Bertz CT molecular complexity index is 863. The number of amides is 1. The second-order valence-corrected chi connectivity index (χ2v) is 7.02. The van der Waals surface area contributed by atoms with E-state index in [1.165, 1.54) is 0 Å². The molecule has 0 atom stereocenters. The fraction of sp³-hybridized carbons (Fsp3) is 0.300. The van der Waals surface area contributed by atoms with Gasteiger partial charge >= 0.3 is 0 Å². The molecule has 0 aliphatic carbocycles. The van der Waals surface area contributed by atoms with Gasteiger partial charge in [0.1, 0.15) is 0 Å². The first-order valence-electron chi connectivity index (χ1n) is 9.07. The minimum Gasteiger partial charge on any atom is -0.490 e. The fourth-order valence-corrected chi connectivity index (χ4v) is 3.04. The van der Waals surface area contributed by atoms with Crippen LogP contribution < -0.4 is 25.4 Å². The molecule has 0 fully saturated rings. The fourth-order valence-electron chi connectivity index (χ4n) is 2.65. The van der Waals surface area contributed by atoms with Gasteiger partial charge in [0.2, 0.25) is 0 Å². The molecule has 1 aliphatic rings. The number of aliphatic imine (C=N–C) groups is 1. The minimum absolute atomic E-state index is 0. The van der Waals surface area contributed by atoms with Crippen LogP contribution in [0.4, 0.5) is 5.69 Å². The summed E-state index contributed by atoms with van der Waals surface area (Å²) in [5, 5.41) is 9.26. The highest BCUT2D eigenvalue weighted by Gasteiger charge is 2.11. The van der Waals surface area contributed by atoms with Gasteiger partial charge in [-0.2, -0.15) is 0 Å². The van der Waals surface area contributed by atoms with Crippen molar-refractivity contribution in [1.82, 2.24) is 10.6 Å². The van der Waals surface area contributed by atoms with Crippen molar-refractivity contribution >= 4 is 57.5 Å². The van der Waals surface area contributed by atoms with Crippen LogP contribution in [0.15, 0.2) is 51.9 Å². The molecule has 156 valence electrons. The third-order valence-electron chi connectivity index (χ3n) is 4.02. The lowest BCUT2D eigenvalue weighted by Crippen LogP contribution is -2.37. The van der Waals surface area contributed by atoms with E-state index in [0.29, 0.717) is 37.8 Å². The number of nitrogens with one attached hydrogen (secondary N) is 3. The number of fused-ring (bicyclic) bond motifs is 1. The number of halogens is 2. The molecule has 3 N–H and O–H groups in total. The first kappa shape index (κ1) is 23.3. The van der Waals surface area contributed by atoms with Crippen LogP contribution in [-0.2, 0) is 0 Å². The quantitative estimate of drug-likeness (QED) is 0.220. The molecule has 0 saturated carbocycles. The summed E-state index contributed by atoms with van der Waals surface area (Å²) in [6.45, 7) is 2.30. The van der Waals surface area contributed by atoms with E-state index in [0.717, 1.165) is 28.1 Å². The summed E-state index contributed by atoms with van der Waals surface area (Å²) >= 11 is 3.37. The topological polar surface area (TPSA) is 84.0 Å². The maximum atomic E-state index is 12.1. The van der Waals surface area contributed by atoms with Crippen molar-refractivity contribution in [3.05, 3.63) is 52.5 Å². The number of carbonyl (C=O) groups excluding carboxylic acids is 1. The maximum absolute atomic E-state index is 12.1. The normalized spacial score (nSPS) is 13.0. The lowest BCUT2D eigenvalue weighted by molar-refractivity contribution is 0.0954. The van der Waals surface area contributed by atoms with Crippen LogP contribution in [0.3, 0.4) is 0 Å². The zero-order valence-corrected chi connectivity index (χ0v) is 20.0. The van der Waals surface area contributed by atoms with Crippen molar-refractivity contribution in [2.75, 3.05) is 38.7 Å². The highest BCUT2D eigenvalue weighted by molar-refractivity contribution is 14.0. The van der Waals surface area contributed by atoms with Gasteiger partial charge in [0.05, 0.1) is 13.2 Å². The van der Waals surface area contributed by atoms with E-state index in [1.54, 1.807) is 19.2 Å². The van der Waals surface area contributed by atoms with Crippen molar-refractivity contribution in [2.45, 2.75) is 6.42 Å². The van der Waals surface area contributed by atoms with Crippen molar-refractivity contribution in [2.24, 2.45) is 4.99 Å². The number of anilines is 1. The second-order valence-electron chi connectivity index (χ2n) is 6.10. The molecule has 0 radical (unpaired) electrons. The van der Waals surface area contributed by atoms with E-state index < -0.39 is 0 Å². The molecule has 0 unspecified atom stereocenters. The average molecular weight is 575 g/mol. The van der Waals surface area contributed by atoms with Crippen LogP contribution in [0.25, 0.3) is 0 Å². The molecule has 1 aliphatic heterocycles. The van der Waals surface area contributed by atoms with E-state index in [-0.39, 0.29) is 29.9 Å². The first-order valence-corrected chi connectivity index (χ1v) is 9.86. The number of hydrogen-bond acceptors (Lipinski definition) is 4. The van der Waals surface area contributed by atoms with Crippen LogP contribution in [0, 0.1) is 0 Å². The predicted molar refractivity (Wildman–Crippen MR) is 129 cm³/mol. The summed E-state index contributed by atoms with van der Waals surface area (Å²) in [6.07, 6.45) is 0.867. The Morgan fingerprint density at radius 1 is 1.07 bits per heavy atom. The van der Waals surface area contributed by atoms with Gasteiger partial charge in [-0.15, -0.1) is 24.0 Å². The lowest BCUT2D eigenvalue weighted by Gasteiger charge is -2.14. The Kier molecular flexibility index (Phi) is 9.52. The number of nitrogens with zero attached hydrogens (tertiary/aromatic N) is 1. The summed E-state index contributed by atoms with van der Waals surface area (Å²) in [6, 6.07) is 13.0. The standard InChI is InChI=1S/C20H23BrN4O3.HI/c1-22-20(24-9-8-23-19(26)14-4-2-5-15(21)12-14)25-16-6-7-17-18(13-16)28-11-3-10-27-17;/h2,4-7,12-13H,3,8-11H2,1H3,(H,23,26)(H2,22,24,25);1H. The monoisotopic (exact) mass is 574 g/mol. The van der Waals surface area contributed by atoms with Gasteiger partial charge in [0.15, 0.2) is 17.5 Å². The Labute approximate surface area is 195 Å². The van der Waals surface area contributed by atoms with Gasteiger partial charge in [-0.25, -0.2) is 0 Å². The molecule has 0 saturated heterocycles. The first-order chi connectivity index (χ1) is 13.7. The number of guanidine groups is 1. The molecule has 7 nitrogen and oxygen atoms in total. The maximum Gasteiger partial charge on any atom is 0.251 e. The van der Waals surface area contributed by atoms with E-state index in [9.17, 15) is 4.79 Å². The van der Waals surface area contributed by atoms with Gasteiger partial charge in [0.25, 0.3) is 5.91 Å². The highest BCUT2D eigenvalue weighted by Crippen LogP contribution is 2.32. The Balaban J connectivity index is 0.00000300. The summed E-state index contributed by atoms with van der Waals surface area (Å²) < 4.78 is 12.2. The van der Waals surface area contributed by atoms with E-state index in [2.05, 4.69) is 36.9 Å². The zero-order chi connectivity index (χ0) is 19.8. The van der Waals surface area contributed by atoms with Crippen LogP contribution >= 0.6 is 39.9 Å². The average Bonchev–Trinajstić information content (AvgIpc) is 2.95. The number of carbonyl (C=O) groups is 1. The minimum atomic E-state index is -0.117. The van der Waals surface area contributed by atoms with Crippen LogP contribution in [0.2, 0.25) is 0 Å². The van der Waals surface area contributed by atoms with E-state index in [1.807, 2.05) is 30.3 Å². The molecule has 0 spiro atoms. The largest absolute Gasteiger partial charge is 0.490 e. The van der Waals surface area contributed by atoms with E-state index in [4.69, 9.17) is 9.47 Å². The Hall–Kier alpha value is -2.01. The molecule has 0 bridgehead atoms. The lowest BCUT2D eigenvalue weighted by atomic mass is 10.2.